The number of nitrogens with one attached hydrogen (secondary N) is 3. The predicted molar refractivity (Wildman–Crippen MR) is 63.9 cm³/mol. The highest BCUT2D eigenvalue weighted by atomic mass is 16.4. The van der Waals surface area contributed by atoms with Crippen molar-refractivity contribution in [3.63, 3.8) is 0 Å². The molecule has 2 rings (SSSR count). The summed E-state index contributed by atoms with van der Waals surface area (Å²) in [6.07, 6.45) is 1.05. The number of aromatic amines is 1. The summed E-state index contributed by atoms with van der Waals surface area (Å²) in [6, 6.07) is 5.58. The maximum Gasteiger partial charge on any atom is 0.417 e. The normalized spacial score (nSPS) is 10.8. The molecule has 0 atom stereocenters. The van der Waals surface area contributed by atoms with E-state index in [0.29, 0.717) is 5.58 Å². The fourth-order valence-electron chi connectivity index (χ4n) is 1.55. The average Bonchev–Trinajstić information content (AvgIpc) is 2.64. The number of fused-ring (bicyclic) bond motifs is 1. The lowest BCUT2D eigenvalue weighted by Gasteiger charge is -2.05. The first-order valence-corrected chi connectivity index (χ1v) is 5.31. The third-order valence-electron chi connectivity index (χ3n) is 2.35. The molecule has 0 unspecified atom stereocenters. The Kier molecular flexibility index (Phi) is 3.26. The van der Waals surface area contributed by atoms with Crippen molar-refractivity contribution in [1.29, 1.82) is 0 Å². The van der Waals surface area contributed by atoms with Crippen molar-refractivity contribution in [3.8, 4) is 0 Å². The van der Waals surface area contributed by atoms with Gasteiger partial charge in [-0.1, -0.05) is 0 Å². The summed E-state index contributed by atoms with van der Waals surface area (Å²) in [5, 5.41) is 6.35. The van der Waals surface area contributed by atoms with E-state index in [4.69, 9.17) is 4.42 Å². The quantitative estimate of drug-likeness (QED) is 0.662. The Bertz CT molecular complexity index is 515. The van der Waals surface area contributed by atoms with Gasteiger partial charge in [0.1, 0.15) is 0 Å². The van der Waals surface area contributed by atoms with Crippen molar-refractivity contribution in [1.82, 2.24) is 10.3 Å². The summed E-state index contributed by atoms with van der Waals surface area (Å²) in [4.78, 5) is 13.6. The molecule has 1 aromatic heterocycles. The molecule has 0 amide bonds. The van der Waals surface area contributed by atoms with Gasteiger partial charge in [-0.05, 0) is 32.1 Å². The van der Waals surface area contributed by atoms with Gasteiger partial charge in [0.2, 0.25) is 0 Å². The zero-order valence-electron chi connectivity index (χ0n) is 9.17. The molecule has 1 heterocycles. The molecule has 86 valence electrons. The summed E-state index contributed by atoms with van der Waals surface area (Å²) < 4.78 is 4.97. The second kappa shape index (κ2) is 4.85. The number of hydrogen-bond donors (Lipinski definition) is 3. The molecule has 0 spiro atoms. The lowest BCUT2D eigenvalue weighted by Crippen LogP contribution is -2.12. The molecule has 0 saturated carbocycles. The summed E-state index contributed by atoms with van der Waals surface area (Å²) in [5.74, 6) is -0.415. The van der Waals surface area contributed by atoms with Crippen LogP contribution in [0.2, 0.25) is 0 Å². The first-order chi connectivity index (χ1) is 7.79. The topological polar surface area (TPSA) is 70.1 Å². The van der Waals surface area contributed by atoms with Crippen molar-refractivity contribution >= 4 is 16.8 Å². The SMILES string of the molecule is CNCCCNc1ccc2[nH]c(=O)oc2c1. The molecular weight excluding hydrogens is 206 g/mol. The van der Waals surface area contributed by atoms with E-state index in [9.17, 15) is 4.79 Å². The minimum atomic E-state index is -0.415. The van der Waals surface area contributed by atoms with Crippen LogP contribution in [0.1, 0.15) is 6.42 Å². The number of H-pyrrole nitrogens is 1. The molecule has 2 aromatic rings. The lowest BCUT2D eigenvalue weighted by atomic mass is 10.3. The van der Waals surface area contributed by atoms with Gasteiger partial charge >= 0.3 is 5.76 Å². The number of hydrogen-bond acceptors (Lipinski definition) is 4. The Morgan fingerprint density at radius 3 is 3.06 bits per heavy atom. The molecule has 0 radical (unpaired) electrons. The molecule has 0 aliphatic rings. The van der Waals surface area contributed by atoms with Crippen molar-refractivity contribution in [2.75, 3.05) is 25.5 Å². The first kappa shape index (κ1) is 10.8. The van der Waals surface area contributed by atoms with Crippen molar-refractivity contribution in [2.24, 2.45) is 0 Å². The van der Waals surface area contributed by atoms with E-state index >= 15 is 0 Å². The summed E-state index contributed by atoms with van der Waals surface area (Å²) in [5.41, 5.74) is 2.28. The molecule has 1 aromatic carbocycles. The van der Waals surface area contributed by atoms with E-state index in [1.165, 1.54) is 0 Å². The Labute approximate surface area is 92.8 Å². The molecule has 3 N–H and O–H groups in total. The third kappa shape index (κ3) is 2.43. The number of aromatic nitrogens is 1. The smallest absolute Gasteiger partial charge is 0.408 e. The Morgan fingerprint density at radius 2 is 2.25 bits per heavy atom. The van der Waals surface area contributed by atoms with Gasteiger partial charge in [-0.25, -0.2) is 4.79 Å². The lowest BCUT2D eigenvalue weighted by molar-refractivity contribution is 0.555. The highest BCUT2D eigenvalue weighted by Crippen LogP contribution is 2.15. The highest BCUT2D eigenvalue weighted by Gasteiger charge is 2.01. The zero-order chi connectivity index (χ0) is 11.4. The van der Waals surface area contributed by atoms with E-state index in [1.54, 1.807) is 0 Å². The fraction of sp³-hybridized carbons (Fsp3) is 0.364. The fourth-order valence-corrected chi connectivity index (χ4v) is 1.55. The van der Waals surface area contributed by atoms with Gasteiger partial charge in [0, 0.05) is 18.3 Å². The van der Waals surface area contributed by atoms with Crippen LogP contribution < -0.4 is 16.4 Å². The first-order valence-electron chi connectivity index (χ1n) is 5.31. The van der Waals surface area contributed by atoms with Gasteiger partial charge < -0.3 is 15.1 Å². The minimum Gasteiger partial charge on any atom is -0.408 e. The van der Waals surface area contributed by atoms with Gasteiger partial charge in [-0.3, -0.25) is 4.98 Å². The van der Waals surface area contributed by atoms with E-state index in [2.05, 4.69) is 15.6 Å². The summed E-state index contributed by atoms with van der Waals surface area (Å²) in [6.45, 7) is 1.87. The van der Waals surface area contributed by atoms with Gasteiger partial charge in [0.25, 0.3) is 0 Å². The maximum absolute atomic E-state index is 10.9. The molecule has 0 fully saturated rings. The standard InChI is InChI=1S/C11H15N3O2/c1-12-5-2-6-13-8-3-4-9-10(7-8)16-11(15)14-9/h3-4,7,12-13H,2,5-6H2,1H3,(H,14,15). The molecule has 16 heavy (non-hydrogen) atoms. The Hall–Kier alpha value is -1.75. The van der Waals surface area contributed by atoms with Crippen molar-refractivity contribution < 1.29 is 4.42 Å². The molecule has 0 bridgehead atoms. The summed E-state index contributed by atoms with van der Waals surface area (Å²) >= 11 is 0. The zero-order valence-corrected chi connectivity index (χ0v) is 9.17. The monoisotopic (exact) mass is 221 g/mol. The molecule has 0 aliphatic heterocycles. The van der Waals surface area contributed by atoms with Crippen LogP contribution in [0.25, 0.3) is 11.1 Å². The second-order valence-electron chi connectivity index (χ2n) is 3.61. The van der Waals surface area contributed by atoms with Crippen LogP contribution in [0, 0.1) is 0 Å². The largest absolute Gasteiger partial charge is 0.417 e. The molecular formula is C11H15N3O2. The van der Waals surface area contributed by atoms with Crippen LogP contribution in [0.15, 0.2) is 27.4 Å². The minimum absolute atomic E-state index is 0.415. The van der Waals surface area contributed by atoms with Crippen LogP contribution in [0.3, 0.4) is 0 Å². The molecule has 5 nitrogen and oxygen atoms in total. The highest BCUT2D eigenvalue weighted by molar-refractivity contribution is 5.76. The number of rotatable bonds is 5. The van der Waals surface area contributed by atoms with Gasteiger partial charge in [-0.2, -0.15) is 0 Å². The predicted octanol–water partition coefficient (Wildman–Crippen LogP) is 1.14. The van der Waals surface area contributed by atoms with Crippen LogP contribution >= 0.6 is 0 Å². The Morgan fingerprint density at radius 1 is 1.38 bits per heavy atom. The van der Waals surface area contributed by atoms with Crippen LogP contribution in [0.4, 0.5) is 5.69 Å². The van der Waals surface area contributed by atoms with Gasteiger partial charge in [-0.15, -0.1) is 0 Å². The second-order valence-corrected chi connectivity index (χ2v) is 3.61. The molecule has 0 saturated heterocycles. The average molecular weight is 221 g/mol. The third-order valence-corrected chi connectivity index (χ3v) is 2.35. The summed E-state index contributed by atoms with van der Waals surface area (Å²) in [7, 11) is 1.93. The molecule has 0 aliphatic carbocycles. The number of anilines is 1. The van der Waals surface area contributed by atoms with Gasteiger partial charge in [0.05, 0.1) is 5.52 Å². The molecule has 5 heteroatoms. The Balaban J connectivity index is 2.04. The number of oxazole rings is 1. The van der Waals surface area contributed by atoms with E-state index in [1.807, 2.05) is 25.2 Å². The van der Waals surface area contributed by atoms with Crippen LogP contribution in [-0.2, 0) is 0 Å². The van der Waals surface area contributed by atoms with E-state index in [-0.39, 0.29) is 0 Å². The van der Waals surface area contributed by atoms with E-state index in [0.717, 1.165) is 30.7 Å². The van der Waals surface area contributed by atoms with E-state index < -0.39 is 5.76 Å². The van der Waals surface area contributed by atoms with Crippen molar-refractivity contribution in [3.05, 3.63) is 28.7 Å². The van der Waals surface area contributed by atoms with Crippen LogP contribution in [0.5, 0.6) is 0 Å². The van der Waals surface area contributed by atoms with Crippen molar-refractivity contribution in [2.45, 2.75) is 6.42 Å². The maximum atomic E-state index is 10.9. The van der Waals surface area contributed by atoms with Gasteiger partial charge in [0.15, 0.2) is 5.58 Å². The number of benzene rings is 1. The van der Waals surface area contributed by atoms with Crippen LogP contribution in [-0.4, -0.2) is 25.1 Å².